The van der Waals surface area contributed by atoms with E-state index in [0.29, 0.717) is 6.61 Å². The normalized spacial score (nSPS) is 17.5. The highest BCUT2D eigenvalue weighted by molar-refractivity contribution is 7.09. The summed E-state index contributed by atoms with van der Waals surface area (Å²) in [5, 5.41) is 3.19. The Morgan fingerprint density at radius 1 is 1.17 bits per heavy atom. The minimum atomic E-state index is -0.0331. The number of thiazole rings is 1. The van der Waals surface area contributed by atoms with E-state index in [9.17, 15) is 0 Å². The van der Waals surface area contributed by atoms with Gasteiger partial charge in [-0.25, -0.2) is 15.0 Å². The van der Waals surface area contributed by atoms with E-state index < -0.39 is 0 Å². The summed E-state index contributed by atoms with van der Waals surface area (Å²) in [6.45, 7) is 10.9. The Bertz CT molecular complexity index is 967. The van der Waals surface area contributed by atoms with Crippen molar-refractivity contribution in [3.63, 3.8) is 0 Å². The number of rotatable bonds is 4. The summed E-state index contributed by atoms with van der Waals surface area (Å²) < 4.78 is 6.07. The number of pyridine rings is 1. The lowest BCUT2D eigenvalue weighted by Crippen LogP contribution is -2.39. The molecule has 1 atom stereocenters. The van der Waals surface area contributed by atoms with Crippen LogP contribution in [0.2, 0.25) is 0 Å². The number of aromatic nitrogens is 4. The van der Waals surface area contributed by atoms with E-state index in [2.05, 4.69) is 49.0 Å². The highest BCUT2D eigenvalue weighted by atomic mass is 32.1. The van der Waals surface area contributed by atoms with Crippen molar-refractivity contribution in [2.75, 3.05) is 24.6 Å². The first-order valence-corrected chi connectivity index (χ1v) is 10.9. The van der Waals surface area contributed by atoms with Gasteiger partial charge in [0.2, 0.25) is 0 Å². The molecule has 4 heterocycles. The highest BCUT2D eigenvalue weighted by Crippen LogP contribution is 2.31. The second kappa shape index (κ2) is 8.16. The number of aryl methyl sites for hydroxylation is 1. The second-order valence-electron chi connectivity index (χ2n) is 8.26. The van der Waals surface area contributed by atoms with Crippen molar-refractivity contribution in [1.29, 1.82) is 0 Å². The maximum absolute atomic E-state index is 6.07. The predicted molar refractivity (Wildman–Crippen MR) is 116 cm³/mol. The van der Waals surface area contributed by atoms with Crippen LogP contribution in [0.15, 0.2) is 36.0 Å². The van der Waals surface area contributed by atoms with E-state index in [-0.39, 0.29) is 11.5 Å². The number of ether oxygens (including phenoxy) is 1. The Labute approximate surface area is 176 Å². The van der Waals surface area contributed by atoms with Gasteiger partial charge in [0.15, 0.2) is 5.82 Å². The molecule has 29 heavy (non-hydrogen) atoms. The van der Waals surface area contributed by atoms with Gasteiger partial charge >= 0.3 is 0 Å². The molecule has 3 aromatic rings. The topological polar surface area (TPSA) is 64.0 Å². The fourth-order valence-electron chi connectivity index (χ4n) is 3.24. The van der Waals surface area contributed by atoms with Gasteiger partial charge in [-0.1, -0.05) is 27.7 Å². The van der Waals surface area contributed by atoms with Gasteiger partial charge < -0.3 is 9.64 Å². The van der Waals surface area contributed by atoms with E-state index in [4.69, 9.17) is 19.7 Å². The van der Waals surface area contributed by atoms with Gasteiger partial charge in [0, 0.05) is 47.1 Å². The minimum Gasteiger partial charge on any atom is -0.367 e. The first-order chi connectivity index (χ1) is 13.9. The fourth-order valence-corrected chi connectivity index (χ4v) is 4.33. The van der Waals surface area contributed by atoms with Crippen LogP contribution in [-0.4, -0.2) is 39.6 Å². The molecule has 6 nitrogen and oxygen atoms in total. The second-order valence-corrected chi connectivity index (χ2v) is 9.15. The molecule has 0 aliphatic carbocycles. The van der Waals surface area contributed by atoms with E-state index in [0.717, 1.165) is 53.1 Å². The number of nitrogens with zero attached hydrogens (tertiary/aromatic N) is 5. The molecule has 152 valence electrons. The van der Waals surface area contributed by atoms with Crippen LogP contribution in [0.3, 0.4) is 0 Å². The van der Waals surface area contributed by atoms with Crippen molar-refractivity contribution in [3.8, 4) is 11.4 Å². The molecule has 0 N–H and O–H groups in total. The summed E-state index contributed by atoms with van der Waals surface area (Å²) in [4.78, 5) is 20.8. The van der Waals surface area contributed by atoms with Crippen LogP contribution in [0, 0.1) is 0 Å². The van der Waals surface area contributed by atoms with Crippen LogP contribution in [0.1, 0.15) is 50.2 Å². The van der Waals surface area contributed by atoms with Gasteiger partial charge in [0.1, 0.15) is 16.9 Å². The SMILES string of the molecule is CCc1cc(N2CCO[C@@H](c3nc(C(C)(C)C)cs3)C2)nc(-c2ccncc2)n1. The number of hydrogen-bond donors (Lipinski definition) is 0. The summed E-state index contributed by atoms with van der Waals surface area (Å²) in [6, 6.07) is 5.99. The molecule has 1 aliphatic rings. The lowest BCUT2D eigenvalue weighted by Gasteiger charge is -2.33. The monoisotopic (exact) mass is 409 g/mol. The molecule has 0 saturated carbocycles. The Hall–Kier alpha value is -2.38. The molecule has 0 amide bonds. The molecular weight excluding hydrogens is 382 g/mol. The maximum atomic E-state index is 6.07. The molecule has 7 heteroatoms. The van der Waals surface area contributed by atoms with Crippen molar-refractivity contribution in [2.24, 2.45) is 0 Å². The van der Waals surface area contributed by atoms with Crippen LogP contribution in [0.4, 0.5) is 5.82 Å². The molecule has 3 aromatic heterocycles. The van der Waals surface area contributed by atoms with Gasteiger partial charge in [-0.05, 0) is 18.6 Å². The minimum absolute atomic E-state index is 0.0331. The van der Waals surface area contributed by atoms with Crippen LogP contribution in [-0.2, 0) is 16.6 Å². The average molecular weight is 410 g/mol. The quantitative estimate of drug-likeness (QED) is 0.635. The van der Waals surface area contributed by atoms with Gasteiger partial charge in [0.25, 0.3) is 0 Å². The Kier molecular flexibility index (Phi) is 5.61. The standard InChI is InChI=1S/C22H27N5OS/c1-5-16-12-19(26-20(24-16)15-6-8-23-9-7-15)27-10-11-28-17(13-27)21-25-18(14-29-21)22(2,3)4/h6-9,12,14,17H,5,10-11,13H2,1-4H3/t17-/m1/s1. The van der Waals surface area contributed by atoms with Gasteiger partial charge in [0.05, 0.1) is 18.8 Å². The van der Waals surface area contributed by atoms with E-state index >= 15 is 0 Å². The molecule has 4 rings (SSSR count). The molecule has 0 unspecified atom stereocenters. The third kappa shape index (κ3) is 4.46. The Morgan fingerprint density at radius 2 is 1.97 bits per heavy atom. The molecule has 0 aromatic carbocycles. The van der Waals surface area contributed by atoms with Crippen LogP contribution in [0.5, 0.6) is 0 Å². The summed E-state index contributed by atoms with van der Waals surface area (Å²) in [5.41, 5.74) is 3.18. The summed E-state index contributed by atoms with van der Waals surface area (Å²) >= 11 is 1.69. The predicted octanol–water partition coefficient (Wildman–Crippen LogP) is 4.43. The molecule has 0 bridgehead atoms. The highest BCUT2D eigenvalue weighted by Gasteiger charge is 2.27. The van der Waals surface area contributed by atoms with Gasteiger partial charge in [-0.2, -0.15) is 0 Å². The maximum Gasteiger partial charge on any atom is 0.161 e. The van der Waals surface area contributed by atoms with Gasteiger partial charge in [-0.15, -0.1) is 11.3 Å². The van der Waals surface area contributed by atoms with Crippen molar-refractivity contribution in [2.45, 2.75) is 45.6 Å². The fraction of sp³-hybridized carbons (Fsp3) is 0.455. The zero-order valence-corrected chi connectivity index (χ0v) is 18.2. The van der Waals surface area contributed by atoms with Crippen molar-refractivity contribution in [3.05, 3.63) is 52.4 Å². The molecule has 1 saturated heterocycles. The zero-order valence-electron chi connectivity index (χ0n) is 17.4. The van der Waals surface area contributed by atoms with Crippen molar-refractivity contribution >= 4 is 17.2 Å². The molecule has 1 aliphatic heterocycles. The average Bonchev–Trinajstić information content (AvgIpc) is 3.25. The van der Waals surface area contributed by atoms with E-state index in [1.54, 1.807) is 23.7 Å². The lowest BCUT2D eigenvalue weighted by atomic mass is 9.93. The van der Waals surface area contributed by atoms with Crippen LogP contribution in [0.25, 0.3) is 11.4 Å². The largest absolute Gasteiger partial charge is 0.367 e. The first kappa shape index (κ1) is 19.9. The molecular formula is C22H27N5OS. The zero-order chi connectivity index (χ0) is 20.4. The Balaban J connectivity index is 1.60. The molecule has 1 fully saturated rings. The van der Waals surface area contributed by atoms with Crippen molar-refractivity contribution < 1.29 is 4.74 Å². The number of morpholine rings is 1. The van der Waals surface area contributed by atoms with Crippen LogP contribution >= 0.6 is 11.3 Å². The van der Waals surface area contributed by atoms with E-state index in [1.165, 1.54) is 0 Å². The van der Waals surface area contributed by atoms with E-state index in [1.807, 2.05) is 12.1 Å². The smallest absolute Gasteiger partial charge is 0.161 e. The first-order valence-electron chi connectivity index (χ1n) is 10.0. The van der Waals surface area contributed by atoms with Crippen LogP contribution < -0.4 is 4.90 Å². The third-order valence-corrected chi connectivity index (χ3v) is 5.96. The summed E-state index contributed by atoms with van der Waals surface area (Å²) in [5.74, 6) is 1.69. The van der Waals surface area contributed by atoms with Crippen molar-refractivity contribution in [1.82, 2.24) is 19.9 Å². The van der Waals surface area contributed by atoms with Gasteiger partial charge in [-0.3, -0.25) is 4.98 Å². The number of hydrogen-bond acceptors (Lipinski definition) is 7. The molecule has 0 radical (unpaired) electrons. The Morgan fingerprint density at radius 3 is 2.66 bits per heavy atom. The number of anilines is 1. The summed E-state index contributed by atoms with van der Waals surface area (Å²) in [6.07, 6.45) is 4.38. The summed E-state index contributed by atoms with van der Waals surface area (Å²) in [7, 11) is 0. The lowest BCUT2D eigenvalue weighted by molar-refractivity contribution is 0.0392. The molecule has 0 spiro atoms. The third-order valence-electron chi connectivity index (χ3n) is 5.02.